The third kappa shape index (κ3) is 3.03. The van der Waals surface area contributed by atoms with Crippen molar-refractivity contribution >= 4 is 23.0 Å². The Morgan fingerprint density at radius 1 is 1.12 bits per heavy atom. The molecule has 2 aromatic rings. The number of amides is 1. The number of hydrogen-bond acceptors (Lipinski definition) is 4. The molecule has 1 aliphatic heterocycles. The number of nitrogens with zero attached hydrogens (tertiary/aromatic N) is 2. The van der Waals surface area contributed by atoms with Gasteiger partial charge in [-0.3, -0.25) is 14.9 Å². The minimum atomic E-state index is -0.400. The lowest BCUT2D eigenvalue weighted by Crippen LogP contribution is -2.32. The highest BCUT2D eigenvalue weighted by Gasteiger charge is 2.28. The number of para-hydroxylation sites is 1. The first-order valence-corrected chi connectivity index (χ1v) is 9.08. The standard InChI is InChI=1S/C20H21N3O3/c24-20(21-16-6-2-3-7-16)15-9-10-18(19(13-15)23(25)26)22-12-11-14-5-1-4-8-17(14)22/h1,4-5,8-10,13,16H,2-3,6-7,11-12H2,(H,21,24). The van der Waals surface area contributed by atoms with Crippen LogP contribution >= 0.6 is 0 Å². The van der Waals surface area contributed by atoms with Gasteiger partial charge in [-0.15, -0.1) is 0 Å². The van der Waals surface area contributed by atoms with Crippen molar-refractivity contribution in [3.8, 4) is 0 Å². The first-order chi connectivity index (χ1) is 12.6. The fourth-order valence-electron chi connectivity index (χ4n) is 3.97. The largest absolute Gasteiger partial charge is 0.349 e. The zero-order valence-electron chi connectivity index (χ0n) is 14.5. The molecule has 0 spiro atoms. The van der Waals surface area contributed by atoms with Gasteiger partial charge in [-0.25, -0.2) is 0 Å². The second kappa shape index (κ2) is 6.78. The Hall–Kier alpha value is -2.89. The lowest BCUT2D eigenvalue weighted by Gasteiger charge is -2.20. The van der Waals surface area contributed by atoms with Gasteiger partial charge in [0.1, 0.15) is 5.69 Å². The van der Waals surface area contributed by atoms with Crippen molar-refractivity contribution < 1.29 is 9.72 Å². The molecule has 1 saturated carbocycles. The zero-order valence-corrected chi connectivity index (χ0v) is 14.5. The lowest BCUT2D eigenvalue weighted by molar-refractivity contribution is -0.384. The number of anilines is 2. The van der Waals surface area contributed by atoms with E-state index < -0.39 is 4.92 Å². The van der Waals surface area contributed by atoms with Crippen molar-refractivity contribution in [3.63, 3.8) is 0 Å². The quantitative estimate of drug-likeness (QED) is 0.668. The minimum absolute atomic E-state index is 0.0271. The minimum Gasteiger partial charge on any atom is -0.349 e. The number of rotatable bonds is 4. The molecule has 1 aliphatic carbocycles. The predicted octanol–water partition coefficient (Wildman–Crippen LogP) is 3.96. The van der Waals surface area contributed by atoms with Gasteiger partial charge in [-0.05, 0) is 43.0 Å². The van der Waals surface area contributed by atoms with Gasteiger partial charge in [0.15, 0.2) is 0 Å². The zero-order chi connectivity index (χ0) is 18.1. The van der Waals surface area contributed by atoms with Crippen LogP contribution in [-0.4, -0.2) is 23.4 Å². The number of benzene rings is 2. The van der Waals surface area contributed by atoms with Gasteiger partial charge >= 0.3 is 0 Å². The molecule has 0 radical (unpaired) electrons. The second-order valence-corrected chi connectivity index (χ2v) is 6.95. The normalized spacial score (nSPS) is 16.5. The van der Waals surface area contributed by atoms with Crippen molar-refractivity contribution in [2.45, 2.75) is 38.1 Å². The van der Waals surface area contributed by atoms with Crippen LogP contribution < -0.4 is 10.2 Å². The van der Waals surface area contributed by atoms with E-state index in [1.54, 1.807) is 12.1 Å². The van der Waals surface area contributed by atoms with Crippen LogP contribution in [0, 0.1) is 10.1 Å². The third-order valence-electron chi connectivity index (χ3n) is 5.30. The molecule has 6 nitrogen and oxygen atoms in total. The van der Waals surface area contributed by atoms with Crippen LogP contribution in [0.1, 0.15) is 41.6 Å². The molecule has 4 rings (SSSR count). The summed E-state index contributed by atoms with van der Waals surface area (Å²) in [6.45, 7) is 0.702. The Bertz CT molecular complexity index is 859. The van der Waals surface area contributed by atoms with E-state index >= 15 is 0 Å². The van der Waals surface area contributed by atoms with E-state index in [0.717, 1.165) is 37.8 Å². The Balaban J connectivity index is 1.64. The number of hydrogen-bond donors (Lipinski definition) is 1. The molecule has 26 heavy (non-hydrogen) atoms. The molecule has 0 atom stereocenters. The van der Waals surface area contributed by atoms with Crippen LogP contribution in [0.4, 0.5) is 17.1 Å². The molecule has 0 bridgehead atoms. The molecule has 0 unspecified atom stereocenters. The molecule has 6 heteroatoms. The number of nitrogens with one attached hydrogen (secondary N) is 1. The highest BCUT2D eigenvalue weighted by atomic mass is 16.6. The third-order valence-corrected chi connectivity index (χ3v) is 5.30. The summed E-state index contributed by atoms with van der Waals surface area (Å²) in [6, 6.07) is 12.9. The monoisotopic (exact) mass is 351 g/mol. The average molecular weight is 351 g/mol. The molecular formula is C20H21N3O3. The van der Waals surface area contributed by atoms with E-state index in [9.17, 15) is 14.9 Å². The Kier molecular flexibility index (Phi) is 4.32. The summed E-state index contributed by atoms with van der Waals surface area (Å²) in [5.74, 6) is -0.228. The van der Waals surface area contributed by atoms with Gasteiger partial charge in [-0.2, -0.15) is 0 Å². The van der Waals surface area contributed by atoms with Crippen LogP contribution in [0.5, 0.6) is 0 Å². The maximum absolute atomic E-state index is 12.5. The SMILES string of the molecule is O=C(NC1CCCC1)c1ccc(N2CCc3ccccc32)c([N+](=O)[O-])c1. The van der Waals surface area contributed by atoms with Crippen molar-refractivity contribution in [2.75, 3.05) is 11.4 Å². The van der Waals surface area contributed by atoms with Crippen LogP contribution in [0.3, 0.4) is 0 Å². The van der Waals surface area contributed by atoms with Crippen LogP contribution in [0.2, 0.25) is 0 Å². The maximum Gasteiger partial charge on any atom is 0.293 e. The smallest absolute Gasteiger partial charge is 0.293 e. The lowest BCUT2D eigenvalue weighted by atomic mass is 10.1. The molecule has 1 amide bonds. The van der Waals surface area contributed by atoms with Gasteiger partial charge in [-0.1, -0.05) is 31.0 Å². The number of carbonyl (C=O) groups excluding carboxylic acids is 1. The molecule has 2 aliphatic rings. The van der Waals surface area contributed by atoms with Crippen molar-refractivity contribution in [2.24, 2.45) is 0 Å². The van der Waals surface area contributed by atoms with E-state index in [2.05, 4.69) is 5.32 Å². The van der Waals surface area contributed by atoms with Crippen LogP contribution in [0.15, 0.2) is 42.5 Å². The molecular weight excluding hydrogens is 330 g/mol. The summed E-state index contributed by atoms with van der Waals surface area (Å²) in [5.41, 5.74) is 3.04. The molecule has 2 aromatic carbocycles. The number of nitro groups is 1. The predicted molar refractivity (Wildman–Crippen MR) is 100.0 cm³/mol. The van der Waals surface area contributed by atoms with Gasteiger partial charge in [0.25, 0.3) is 11.6 Å². The Labute approximate surface area is 152 Å². The fourth-order valence-corrected chi connectivity index (χ4v) is 3.97. The number of fused-ring (bicyclic) bond motifs is 1. The summed E-state index contributed by atoms with van der Waals surface area (Å²) in [6.07, 6.45) is 5.07. The van der Waals surface area contributed by atoms with Gasteiger partial charge < -0.3 is 10.2 Å². The molecule has 1 fully saturated rings. The van der Waals surface area contributed by atoms with E-state index in [1.807, 2.05) is 29.2 Å². The summed E-state index contributed by atoms with van der Waals surface area (Å²) < 4.78 is 0. The Morgan fingerprint density at radius 2 is 1.88 bits per heavy atom. The highest BCUT2D eigenvalue weighted by molar-refractivity contribution is 5.96. The van der Waals surface area contributed by atoms with Crippen molar-refractivity contribution in [3.05, 3.63) is 63.7 Å². The molecule has 134 valence electrons. The topological polar surface area (TPSA) is 75.5 Å². The van der Waals surface area contributed by atoms with Gasteiger partial charge in [0, 0.05) is 29.9 Å². The fraction of sp³-hybridized carbons (Fsp3) is 0.350. The average Bonchev–Trinajstić information content (AvgIpc) is 3.30. The van der Waals surface area contributed by atoms with E-state index in [1.165, 1.54) is 11.6 Å². The molecule has 0 saturated heterocycles. The van der Waals surface area contributed by atoms with Crippen LogP contribution in [0.25, 0.3) is 0 Å². The maximum atomic E-state index is 12.5. The van der Waals surface area contributed by atoms with E-state index in [4.69, 9.17) is 0 Å². The van der Waals surface area contributed by atoms with Crippen molar-refractivity contribution in [1.29, 1.82) is 0 Å². The summed E-state index contributed by atoms with van der Waals surface area (Å²) in [4.78, 5) is 25.7. The molecule has 0 aromatic heterocycles. The van der Waals surface area contributed by atoms with Gasteiger partial charge in [0.05, 0.1) is 4.92 Å². The van der Waals surface area contributed by atoms with Crippen molar-refractivity contribution in [1.82, 2.24) is 5.32 Å². The number of nitro benzene ring substituents is 1. The molecule has 1 heterocycles. The van der Waals surface area contributed by atoms with Gasteiger partial charge in [0.2, 0.25) is 0 Å². The summed E-state index contributed by atoms with van der Waals surface area (Å²) in [5, 5.41) is 14.6. The first kappa shape index (κ1) is 16.6. The summed E-state index contributed by atoms with van der Waals surface area (Å²) in [7, 11) is 0. The van der Waals surface area contributed by atoms with E-state index in [0.29, 0.717) is 17.8 Å². The Morgan fingerprint density at radius 3 is 2.65 bits per heavy atom. The number of carbonyl (C=O) groups is 1. The molecule has 1 N–H and O–H groups in total. The first-order valence-electron chi connectivity index (χ1n) is 9.08. The summed E-state index contributed by atoms with van der Waals surface area (Å²) >= 11 is 0. The van der Waals surface area contributed by atoms with E-state index in [-0.39, 0.29) is 17.6 Å². The highest BCUT2D eigenvalue weighted by Crippen LogP contribution is 2.39. The second-order valence-electron chi connectivity index (χ2n) is 6.95. The van der Waals surface area contributed by atoms with Crippen LogP contribution in [-0.2, 0) is 6.42 Å².